The predicted octanol–water partition coefficient (Wildman–Crippen LogP) is 2.41. The number of hydrogen-bond acceptors (Lipinski definition) is 8. The maximum Gasteiger partial charge on any atom is 0.254 e. The summed E-state index contributed by atoms with van der Waals surface area (Å²) in [7, 11) is 2.05. The highest BCUT2D eigenvalue weighted by Crippen LogP contribution is 2.48. The number of amides is 2. The standard InChI is InChI=1S/C30H36N8O3/c1-36-12-14-37(15-13-36)27(39)4-11-32-28(40)23-20-33-25(26-3-2-22-16-21(18-31)19-34-38(22)26)17-24(23)35-29-5-8-30(41,9-6-29)10-7-29/h2-3,16-17,19-20,41H,4-15H2,1H3,(H,32,40)(H,33,35). The molecule has 214 valence electrons. The second-order valence-corrected chi connectivity index (χ2v) is 11.8. The molecule has 0 radical (unpaired) electrons. The van der Waals surface area contributed by atoms with Crippen LogP contribution in [-0.2, 0) is 4.79 Å². The zero-order chi connectivity index (χ0) is 28.6. The molecule has 2 amide bonds. The lowest BCUT2D eigenvalue weighted by molar-refractivity contribution is -0.132. The van der Waals surface area contributed by atoms with Gasteiger partial charge in [-0.25, -0.2) is 4.52 Å². The van der Waals surface area contributed by atoms with Crippen LogP contribution < -0.4 is 10.6 Å². The van der Waals surface area contributed by atoms with Gasteiger partial charge in [-0.2, -0.15) is 10.4 Å². The molecule has 11 nitrogen and oxygen atoms in total. The molecule has 0 aromatic carbocycles. The van der Waals surface area contributed by atoms with Gasteiger partial charge in [-0.05, 0) is 69.8 Å². The molecule has 1 saturated heterocycles. The zero-order valence-electron chi connectivity index (χ0n) is 23.4. The SMILES string of the molecule is CN1CCN(C(=O)CCNC(=O)c2cnc(-c3ccc4cc(C#N)cnn34)cc2NC23CCC(O)(CC2)CC3)CC1. The number of fused-ring (bicyclic) bond motifs is 4. The highest BCUT2D eigenvalue weighted by atomic mass is 16.3. The summed E-state index contributed by atoms with van der Waals surface area (Å²) in [6.45, 7) is 3.38. The van der Waals surface area contributed by atoms with Crippen LogP contribution in [0.2, 0.25) is 0 Å². The molecular formula is C30H36N8O3. The maximum atomic E-state index is 13.4. The number of nitriles is 1. The predicted molar refractivity (Wildman–Crippen MR) is 153 cm³/mol. The normalized spacial score (nSPS) is 24.3. The Morgan fingerprint density at radius 2 is 1.78 bits per heavy atom. The average molecular weight is 557 g/mol. The number of aliphatic hydroxyl groups is 1. The third-order valence-electron chi connectivity index (χ3n) is 9.13. The number of piperazine rings is 1. The van der Waals surface area contributed by atoms with Gasteiger partial charge in [0.1, 0.15) is 6.07 Å². The molecule has 4 aliphatic rings. The van der Waals surface area contributed by atoms with Gasteiger partial charge < -0.3 is 25.5 Å². The maximum absolute atomic E-state index is 13.4. The fourth-order valence-corrected chi connectivity index (χ4v) is 6.37. The van der Waals surface area contributed by atoms with Crippen molar-refractivity contribution in [3.8, 4) is 17.5 Å². The Labute approximate surface area is 239 Å². The van der Waals surface area contributed by atoms with E-state index in [1.807, 2.05) is 30.1 Å². The molecule has 3 aromatic rings. The minimum absolute atomic E-state index is 0.0492. The van der Waals surface area contributed by atoms with E-state index in [1.165, 1.54) is 6.20 Å². The molecule has 41 heavy (non-hydrogen) atoms. The van der Waals surface area contributed by atoms with Crippen molar-refractivity contribution in [1.82, 2.24) is 29.7 Å². The summed E-state index contributed by atoms with van der Waals surface area (Å²) >= 11 is 0. The smallest absolute Gasteiger partial charge is 0.254 e. The van der Waals surface area contributed by atoms with E-state index in [1.54, 1.807) is 16.8 Å². The topological polar surface area (TPSA) is 139 Å². The van der Waals surface area contributed by atoms with Gasteiger partial charge in [0.2, 0.25) is 5.91 Å². The number of rotatable bonds is 7. The minimum Gasteiger partial charge on any atom is -0.390 e. The number of nitrogens with one attached hydrogen (secondary N) is 2. The molecule has 0 unspecified atom stereocenters. The van der Waals surface area contributed by atoms with Crippen LogP contribution in [0.1, 0.15) is 60.9 Å². The van der Waals surface area contributed by atoms with Crippen LogP contribution in [0.4, 0.5) is 5.69 Å². The molecule has 4 heterocycles. The lowest BCUT2D eigenvalue weighted by atomic mass is 9.63. The Balaban J connectivity index is 1.24. The van der Waals surface area contributed by atoms with Crippen molar-refractivity contribution in [2.24, 2.45) is 0 Å². The third-order valence-corrected chi connectivity index (χ3v) is 9.13. The summed E-state index contributed by atoms with van der Waals surface area (Å²) in [6.07, 6.45) is 8.05. The first-order valence-corrected chi connectivity index (χ1v) is 14.4. The number of nitrogens with zero attached hydrogens (tertiary/aromatic N) is 6. The van der Waals surface area contributed by atoms with Crippen molar-refractivity contribution < 1.29 is 14.7 Å². The second-order valence-electron chi connectivity index (χ2n) is 11.8. The summed E-state index contributed by atoms with van der Waals surface area (Å²) < 4.78 is 1.73. The summed E-state index contributed by atoms with van der Waals surface area (Å²) in [5.41, 5.74) is 2.97. The summed E-state index contributed by atoms with van der Waals surface area (Å²) in [4.78, 5) is 34.8. The number of pyridine rings is 1. The van der Waals surface area contributed by atoms with Crippen LogP contribution in [-0.4, -0.2) is 92.2 Å². The Morgan fingerprint density at radius 1 is 1.05 bits per heavy atom. The Bertz CT molecular complexity index is 1490. The van der Waals surface area contributed by atoms with Crippen LogP contribution in [0.15, 0.2) is 36.7 Å². The van der Waals surface area contributed by atoms with E-state index in [9.17, 15) is 20.0 Å². The molecule has 11 heteroatoms. The summed E-state index contributed by atoms with van der Waals surface area (Å²) in [5.74, 6) is -0.234. The largest absolute Gasteiger partial charge is 0.390 e. The first kappa shape index (κ1) is 27.2. The average Bonchev–Trinajstić information content (AvgIpc) is 3.41. The van der Waals surface area contributed by atoms with Crippen LogP contribution in [0.3, 0.4) is 0 Å². The van der Waals surface area contributed by atoms with Crippen molar-refractivity contribution in [1.29, 1.82) is 5.26 Å². The van der Waals surface area contributed by atoms with Crippen LogP contribution in [0.25, 0.3) is 16.9 Å². The molecule has 3 aromatic heterocycles. The van der Waals surface area contributed by atoms with E-state index < -0.39 is 5.60 Å². The first-order valence-electron chi connectivity index (χ1n) is 14.4. The lowest BCUT2D eigenvalue weighted by Crippen LogP contribution is -2.54. The number of likely N-dealkylation sites (N-methyl/N-ethyl adjacent to an activating group) is 1. The number of carbonyl (C=O) groups is 2. The van der Waals surface area contributed by atoms with Crippen molar-refractivity contribution >= 4 is 23.0 Å². The van der Waals surface area contributed by atoms with E-state index >= 15 is 0 Å². The minimum atomic E-state index is -0.567. The molecule has 3 saturated carbocycles. The highest BCUT2D eigenvalue weighted by molar-refractivity contribution is 6.00. The molecule has 3 N–H and O–H groups in total. The second kappa shape index (κ2) is 10.8. The van der Waals surface area contributed by atoms with Gasteiger partial charge in [-0.3, -0.25) is 14.6 Å². The number of hydrogen-bond donors (Lipinski definition) is 3. The quantitative estimate of drug-likeness (QED) is 0.403. The fraction of sp³-hybridized carbons (Fsp3) is 0.500. The molecule has 2 bridgehead atoms. The number of anilines is 1. The van der Waals surface area contributed by atoms with E-state index in [2.05, 4.69) is 31.7 Å². The van der Waals surface area contributed by atoms with Gasteiger partial charge in [0.05, 0.1) is 45.5 Å². The van der Waals surface area contributed by atoms with Gasteiger partial charge in [0.15, 0.2) is 0 Å². The van der Waals surface area contributed by atoms with Gasteiger partial charge in [0.25, 0.3) is 5.91 Å². The van der Waals surface area contributed by atoms with Gasteiger partial charge in [0, 0.05) is 50.9 Å². The first-order chi connectivity index (χ1) is 19.8. The fourth-order valence-electron chi connectivity index (χ4n) is 6.37. The number of carbonyl (C=O) groups excluding carboxylic acids is 2. The molecule has 3 aliphatic carbocycles. The van der Waals surface area contributed by atoms with Gasteiger partial charge in [-0.1, -0.05) is 0 Å². The number of aromatic nitrogens is 3. The van der Waals surface area contributed by atoms with E-state index in [0.29, 0.717) is 35.6 Å². The molecule has 4 fully saturated rings. The molecular weight excluding hydrogens is 520 g/mol. The Morgan fingerprint density at radius 3 is 2.49 bits per heavy atom. The molecule has 0 atom stereocenters. The molecule has 1 aliphatic heterocycles. The highest BCUT2D eigenvalue weighted by Gasteiger charge is 2.48. The summed E-state index contributed by atoms with van der Waals surface area (Å²) in [5, 5.41) is 31.0. The van der Waals surface area contributed by atoms with Gasteiger partial charge >= 0.3 is 0 Å². The van der Waals surface area contributed by atoms with Crippen LogP contribution in [0.5, 0.6) is 0 Å². The van der Waals surface area contributed by atoms with E-state index in [-0.39, 0.29) is 30.3 Å². The third kappa shape index (κ3) is 5.49. The van der Waals surface area contributed by atoms with E-state index in [4.69, 9.17) is 0 Å². The molecule has 0 spiro atoms. The Hall–Kier alpha value is -4.01. The van der Waals surface area contributed by atoms with E-state index in [0.717, 1.165) is 62.8 Å². The van der Waals surface area contributed by atoms with Crippen molar-refractivity contribution in [2.75, 3.05) is 45.1 Å². The van der Waals surface area contributed by atoms with Crippen molar-refractivity contribution in [3.63, 3.8) is 0 Å². The van der Waals surface area contributed by atoms with Crippen molar-refractivity contribution in [3.05, 3.63) is 47.8 Å². The Kier molecular flexibility index (Phi) is 7.13. The van der Waals surface area contributed by atoms with Crippen LogP contribution in [0, 0.1) is 11.3 Å². The lowest BCUT2D eigenvalue weighted by Gasteiger charge is -2.51. The zero-order valence-corrected chi connectivity index (χ0v) is 23.4. The summed E-state index contributed by atoms with van der Waals surface area (Å²) in [6, 6.07) is 9.56. The monoisotopic (exact) mass is 556 g/mol. The van der Waals surface area contributed by atoms with Crippen LogP contribution >= 0.6 is 0 Å². The van der Waals surface area contributed by atoms with Crippen molar-refractivity contribution in [2.45, 2.75) is 56.1 Å². The van der Waals surface area contributed by atoms with Gasteiger partial charge in [-0.15, -0.1) is 0 Å². The molecule has 7 rings (SSSR count).